The van der Waals surface area contributed by atoms with Crippen LogP contribution in [0.1, 0.15) is 25.7 Å². The van der Waals surface area contributed by atoms with Crippen LogP contribution in [0.25, 0.3) is 0 Å². The molecule has 0 unspecified atom stereocenters. The largest absolute Gasteiger partial charge is 0.480 e. The van der Waals surface area contributed by atoms with Gasteiger partial charge in [0.05, 0.1) is 11.1 Å². The van der Waals surface area contributed by atoms with Crippen molar-refractivity contribution in [2.24, 2.45) is 0 Å². The molecule has 2 rings (SSSR count). The van der Waals surface area contributed by atoms with Gasteiger partial charge in [-0.05, 0) is 37.8 Å². The van der Waals surface area contributed by atoms with Crippen LogP contribution < -0.4 is 10.1 Å². The summed E-state index contributed by atoms with van der Waals surface area (Å²) in [6, 6.07) is 8.87. The zero-order valence-corrected chi connectivity index (χ0v) is 13.3. The SMILES string of the molecule is N#CC1(NC(=O)COC(=O)COc2ccccc2Cl)CCCC1. The van der Waals surface area contributed by atoms with E-state index in [1.54, 1.807) is 24.3 Å². The molecule has 1 aliphatic carbocycles. The van der Waals surface area contributed by atoms with Gasteiger partial charge in [0.1, 0.15) is 11.3 Å². The number of amides is 1. The number of esters is 1. The van der Waals surface area contributed by atoms with Gasteiger partial charge in [0.25, 0.3) is 5.91 Å². The molecule has 0 spiro atoms. The number of para-hydroxylation sites is 1. The predicted molar refractivity (Wildman–Crippen MR) is 82.9 cm³/mol. The predicted octanol–water partition coefficient (Wildman–Crippen LogP) is 2.21. The van der Waals surface area contributed by atoms with Crippen LogP contribution in [0.3, 0.4) is 0 Å². The molecule has 1 aromatic rings. The number of benzene rings is 1. The van der Waals surface area contributed by atoms with Crippen molar-refractivity contribution < 1.29 is 19.1 Å². The molecule has 0 saturated heterocycles. The van der Waals surface area contributed by atoms with E-state index in [0.29, 0.717) is 23.6 Å². The second-order valence-corrected chi connectivity index (χ2v) is 5.74. The molecule has 0 atom stereocenters. The van der Waals surface area contributed by atoms with Gasteiger partial charge in [0.15, 0.2) is 13.2 Å². The average molecular weight is 337 g/mol. The average Bonchev–Trinajstić information content (AvgIpc) is 3.01. The van der Waals surface area contributed by atoms with E-state index in [2.05, 4.69) is 11.4 Å². The first-order valence-corrected chi connectivity index (χ1v) is 7.68. The molecule has 7 heteroatoms. The molecule has 122 valence electrons. The zero-order chi connectivity index (χ0) is 16.7. The van der Waals surface area contributed by atoms with Gasteiger partial charge in [-0.25, -0.2) is 4.79 Å². The van der Waals surface area contributed by atoms with Gasteiger partial charge >= 0.3 is 5.97 Å². The number of nitrogens with one attached hydrogen (secondary N) is 1. The van der Waals surface area contributed by atoms with E-state index in [-0.39, 0.29) is 6.61 Å². The van der Waals surface area contributed by atoms with Crippen molar-refractivity contribution in [2.75, 3.05) is 13.2 Å². The maximum Gasteiger partial charge on any atom is 0.344 e. The van der Waals surface area contributed by atoms with E-state index in [1.165, 1.54) is 0 Å². The van der Waals surface area contributed by atoms with Gasteiger partial charge in [-0.1, -0.05) is 23.7 Å². The van der Waals surface area contributed by atoms with Crippen molar-refractivity contribution in [2.45, 2.75) is 31.2 Å². The first-order valence-electron chi connectivity index (χ1n) is 7.30. The Hall–Kier alpha value is -2.26. The summed E-state index contributed by atoms with van der Waals surface area (Å²) in [7, 11) is 0. The van der Waals surface area contributed by atoms with Crippen LogP contribution in [0.15, 0.2) is 24.3 Å². The van der Waals surface area contributed by atoms with Crippen LogP contribution >= 0.6 is 11.6 Å². The normalized spacial score (nSPS) is 15.5. The highest BCUT2D eigenvalue weighted by molar-refractivity contribution is 6.32. The lowest BCUT2D eigenvalue weighted by molar-refractivity contribution is -0.150. The van der Waals surface area contributed by atoms with Crippen molar-refractivity contribution in [3.05, 3.63) is 29.3 Å². The molecule has 0 heterocycles. The van der Waals surface area contributed by atoms with Gasteiger partial charge in [0.2, 0.25) is 0 Å². The van der Waals surface area contributed by atoms with Crippen LogP contribution in [0.2, 0.25) is 5.02 Å². The molecule has 6 nitrogen and oxygen atoms in total. The van der Waals surface area contributed by atoms with E-state index in [0.717, 1.165) is 12.8 Å². The van der Waals surface area contributed by atoms with E-state index < -0.39 is 24.0 Å². The van der Waals surface area contributed by atoms with Crippen molar-refractivity contribution in [1.29, 1.82) is 5.26 Å². The summed E-state index contributed by atoms with van der Waals surface area (Å²) in [4.78, 5) is 23.4. The van der Waals surface area contributed by atoms with Crippen LogP contribution in [-0.2, 0) is 14.3 Å². The number of nitrogens with zero attached hydrogens (tertiary/aromatic N) is 1. The smallest absolute Gasteiger partial charge is 0.344 e. The maximum absolute atomic E-state index is 11.8. The topological polar surface area (TPSA) is 88.4 Å². The van der Waals surface area contributed by atoms with Gasteiger partial charge in [-0.15, -0.1) is 0 Å². The van der Waals surface area contributed by atoms with Crippen molar-refractivity contribution >= 4 is 23.5 Å². The Kier molecular flexibility index (Phi) is 5.83. The summed E-state index contributed by atoms with van der Waals surface area (Å²) in [5.41, 5.74) is -0.822. The molecule has 1 aromatic carbocycles. The molecular weight excluding hydrogens is 320 g/mol. The Labute approximate surface area is 139 Å². The summed E-state index contributed by atoms with van der Waals surface area (Å²) in [6.07, 6.45) is 3.05. The van der Waals surface area contributed by atoms with Gasteiger partial charge in [-0.3, -0.25) is 4.79 Å². The lowest BCUT2D eigenvalue weighted by Gasteiger charge is -2.21. The highest BCUT2D eigenvalue weighted by Crippen LogP contribution is 2.28. The van der Waals surface area contributed by atoms with Crippen molar-refractivity contribution in [3.8, 4) is 11.8 Å². The Morgan fingerprint density at radius 3 is 2.61 bits per heavy atom. The van der Waals surface area contributed by atoms with E-state index in [9.17, 15) is 14.9 Å². The quantitative estimate of drug-likeness (QED) is 0.805. The number of nitriles is 1. The number of hydrogen-bond acceptors (Lipinski definition) is 5. The number of rotatable bonds is 6. The minimum absolute atomic E-state index is 0.347. The number of halogens is 1. The molecule has 1 aliphatic rings. The first-order chi connectivity index (χ1) is 11.0. The summed E-state index contributed by atoms with van der Waals surface area (Å²) in [5, 5.41) is 12.2. The molecular formula is C16H17ClN2O4. The highest BCUT2D eigenvalue weighted by atomic mass is 35.5. The molecule has 23 heavy (non-hydrogen) atoms. The monoisotopic (exact) mass is 336 g/mol. The van der Waals surface area contributed by atoms with Crippen LogP contribution in [0, 0.1) is 11.3 Å². The molecule has 0 bridgehead atoms. The minimum Gasteiger partial charge on any atom is -0.480 e. The number of hydrogen-bond donors (Lipinski definition) is 1. The third-order valence-corrected chi connectivity index (χ3v) is 3.91. The van der Waals surface area contributed by atoms with E-state index in [4.69, 9.17) is 21.1 Å². The summed E-state index contributed by atoms with van der Waals surface area (Å²) < 4.78 is 10.1. The molecule has 0 radical (unpaired) electrons. The van der Waals surface area contributed by atoms with Crippen LogP contribution in [0.4, 0.5) is 0 Å². The fraction of sp³-hybridized carbons (Fsp3) is 0.438. The molecule has 0 aliphatic heterocycles. The standard InChI is InChI=1S/C16H17ClN2O4/c17-12-5-1-2-6-13(12)22-10-15(21)23-9-14(20)19-16(11-18)7-3-4-8-16/h1-2,5-6H,3-4,7-10H2,(H,19,20). The summed E-state index contributed by atoms with van der Waals surface area (Å²) >= 11 is 5.89. The van der Waals surface area contributed by atoms with E-state index >= 15 is 0 Å². The summed E-state index contributed by atoms with van der Waals surface area (Å²) in [5.74, 6) is -0.804. The second-order valence-electron chi connectivity index (χ2n) is 5.33. The van der Waals surface area contributed by atoms with Gasteiger partial charge in [0, 0.05) is 0 Å². The van der Waals surface area contributed by atoms with E-state index in [1.807, 2.05) is 0 Å². The Balaban J connectivity index is 1.73. The molecule has 1 saturated carbocycles. The Bertz CT molecular complexity index is 621. The minimum atomic E-state index is -0.822. The first kappa shape index (κ1) is 17.1. The third-order valence-electron chi connectivity index (χ3n) is 3.60. The van der Waals surface area contributed by atoms with Crippen molar-refractivity contribution in [1.82, 2.24) is 5.32 Å². The fourth-order valence-corrected chi connectivity index (χ4v) is 2.62. The fourth-order valence-electron chi connectivity index (χ4n) is 2.43. The molecule has 1 N–H and O–H groups in total. The third kappa shape index (κ3) is 4.86. The maximum atomic E-state index is 11.8. The number of carbonyl (C=O) groups is 2. The second kappa shape index (κ2) is 7.84. The lowest BCUT2D eigenvalue weighted by atomic mass is 10.00. The zero-order valence-electron chi connectivity index (χ0n) is 12.5. The van der Waals surface area contributed by atoms with Crippen molar-refractivity contribution in [3.63, 3.8) is 0 Å². The Morgan fingerprint density at radius 2 is 1.96 bits per heavy atom. The molecule has 0 aromatic heterocycles. The van der Waals surface area contributed by atoms with Gasteiger partial charge in [-0.2, -0.15) is 5.26 Å². The molecule has 1 amide bonds. The highest BCUT2D eigenvalue weighted by Gasteiger charge is 2.35. The Morgan fingerprint density at radius 1 is 1.26 bits per heavy atom. The van der Waals surface area contributed by atoms with Gasteiger partial charge < -0.3 is 14.8 Å². The lowest BCUT2D eigenvalue weighted by Crippen LogP contribution is -2.46. The summed E-state index contributed by atoms with van der Waals surface area (Å²) in [6.45, 7) is -0.783. The van der Waals surface area contributed by atoms with Crippen LogP contribution in [-0.4, -0.2) is 30.6 Å². The number of ether oxygens (including phenoxy) is 2. The molecule has 1 fully saturated rings. The number of carbonyl (C=O) groups excluding carboxylic acids is 2. The van der Waals surface area contributed by atoms with Crippen LogP contribution in [0.5, 0.6) is 5.75 Å².